The van der Waals surface area contributed by atoms with E-state index in [9.17, 15) is 71.2 Å². The lowest BCUT2D eigenvalue weighted by molar-refractivity contribution is -0.338. The Morgan fingerprint density at radius 1 is 0.500 bits per heavy atom. The van der Waals surface area contributed by atoms with Crippen molar-refractivity contribution in [1.29, 1.82) is 0 Å². The minimum absolute atomic E-state index is 0.0469. The Morgan fingerprint density at radius 2 is 1.00 bits per heavy atom. The molecule has 0 radical (unpaired) electrons. The molecule has 358 valence electrons. The molecule has 0 aromatic heterocycles. The van der Waals surface area contributed by atoms with Crippen LogP contribution in [0.2, 0.25) is 0 Å². The van der Waals surface area contributed by atoms with Crippen molar-refractivity contribution in [2.24, 2.45) is 17.8 Å². The second-order valence-electron chi connectivity index (χ2n) is 18.2. The molecule has 0 spiro atoms. The summed E-state index contributed by atoms with van der Waals surface area (Å²) >= 11 is 0. The molecule has 3 saturated carbocycles. The SMILES string of the molecule is O=C(OC[C@H]1O[C@@H](OC2CC(O)C3CC(O[C@@H]4O[C@H](CO)[C@@H](O)[C@H](O)[C@H]4O)C(C4CCC(O)CC4)OC3C2)[C@H](O)[C@@H](O)[C@@H]1O)C1CCC(O[C@@H]2O[C@H](CO)[C@@H](O)[C@H](O)[C@H]2O)CC1. The summed E-state index contributed by atoms with van der Waals surface area (Å²) in [6.07, 6.45) is -23.1. The zero-order chi connectivity index (χ0) is 44.6. The van der Waals surface area contributed by atoms with Crippen molar-refractivity contribution in [3.63, 3.8) is 0 Å². The lowest BCUT2D eigenvalue weighted by atomic mass is 9.73. The van der Waals surface area contributed by atoms with Crippen LogP contribution in [-0.4, -0.2) is 227 Å². The fourth-order valence-corrected chi connectivity index (χ4v) is 10.3. The molecule has 4 heterocycles. The van der Waals surface area contributed by atoms with E-state index >= 15 is 0 Å². The van der Waals surface area contributed by atoms with Crippen molar-refractivity contribution in [2.75, 3.05) is 19.8 Å². The molecule has 6 unspecified atom stereocenters. The van der Waals surface area contributed by atoms with Gasteiger partial charge in [-0.2, -0.15) is 0 Å². The van der Waals surface area contributed by atoms with Crippen LogP contribution in [0.4, 0.5) is 0 Å². The average molecular weight is 899 g/mol. The molecule has 0 aromatic carbocycles. The van der Waals surface area contributed by atoms with E-state index in [1.807, 2.05) is 0 Å². The first kappa shape index (κ1) is 48.6. The fourth-order valence-electron chi connectivity index (χ4n) is 10.3. The molecule has 0 bridgehead atoms. The Labute approximate surface area is 357 Å². The monoisotopic (exact) mass is 898 g/mol. The molecular weight excluding hydrogens is 832 g/mol. The number of rotatable bonds is 12. The van der Waals surface area contributed by atoms with E-state index < -0.39 is 172 Å². The number of ether oxygens (including phenoxy) is 8. The molecule has 0 aromatic rings. The van der Waals surface area contributed by atoms with Gasteiger partial charge in [-0.3, -0.25) is 4.79 Å². The third-order valence-corrected chi connectivity index (χ3v) is 14.1. The maximum Gasteiger partial charge on any atom is 0.309 e. The molecule has 22 heteroatoms. The van der Waals surface area contributed by atoms with E-state index in [0.29, 0.717) is 51.4 Å². The van der Waals surface area contributed by atoms with Crippen molar-refractivity contribution in [1.82, 2.24) is 0 Å². The topological polar surface area (TPSA) is 354 Å². The largest absolute Gasteiger partial charge is 0.463 e. The average Bonchev–Trinajstić information content (AvgIpc) is 3.26. The highest BCUT2D eigenvalue weighted by Crippen LogP contribution is 2.44. The highest BCUT2D eigenvalue weighted by atomic mass is 16.7. The van der Waals surface area contributed by atoms with Crippen LogP contribution in [-0.2, 0) is 42.7 Å². The maximum absolute atomic E-state index is 13.1. The summed E-state index contributed by atoms with van der Waals surface area (Å²) in [6, 6.07) is 0. The normalized spacial score (nSPS) is 51.6. The number of hydrogen-bond acceptors (Lipinski definition) is 22. The third-order valence-electron chi connectivity index (χ3n) is 14.1. The number of esters is 1. The summed E-state index contributed by atoms with van der Waals surface area (Å²) in [6.45, 7) is -1.72. The van der Waals surface area contributed by atoms with E-state index in [4.69, 9.17) is 37.9 Å². The minimum atomic E-state index is -1.74. The molecular formula is C40H66O22. The van der Waals surface area contributed by atoms with E-state index in [-0.39, 0.29) is 25.2 Å². The molecule has 3 aliphatic carbocycles. The molecule has 62 heavy (non-hydrogen) atoms. The number of carbonyl (C=O) groups excluding carboxylic acids is 1. The molecule has 7 aliphatic rings. The Kier molecular flexibility index (Phi) is 16.5. The number of aliphatic hydroxyl groups excluding tert-OH is 13. The van der Waals surface area contributed by atoms with Crippen molar-refractivity contribution in [2.45, 2.75) is 205 Å². The predicted octanol–water partition coefficient (Wildman–Crippen LogP) is -5.24. The smallest absolute Gasteiger partial charge is 0.309 e. The van der Waals surface area contributed by atoms with Gasteiger partial charge in [0.15, 0.2) is 18.9 Å². The van der Waals surface area contributed by atoms with Crippen molar-refractivity contribution < 1.29 is 109 Å². The predicted molar refractivity (Wildman–Crippen MR) is 202 cm³/mol. The number of carbonyl (C=O) groups is 1. The quantitative estimate of drug-likeness (QED) is 0.0814. The summed E-state index contributed by atoms with van der Waals surface area (Å²) in [7, 11) is 0. The van der Waals surface area contributed by atoms with Gasteiger partial charge in [0, 0.05) is 18.8 Å². The van der Waals surface area contributed by atoms with Gasteiger partial charge >= 0.3 is 5.97 Å². The van der Waals surface area contributed by atoms with Crippen LogP contribution >= 0.6 is 0 Å². The van der Waals surface area contributed by atoms with E-state index in [1.165, 1.54) is 0 Å². The van der Waals surface area contributed by atoms with Gasteiger partial charge in [-0.25, -0.2) is 0 Å². The highest BCUT2D eigenvalue weighted by Gasteiger charge is 2.53. The standard InChI is InChI=1S/C40H66O22/c41-12-24-27(45)30(48)33(51)38(60-24)56-18-7-3-16(4-8-18)37(54)55-14-26-29(47)32(50)34(52)39(62-26)57-19-9-21(44)20-11-23(59-40-35(53)31(49)28(46)25(13-42)61-40)36(58-22(20)10-19)15-1-5-17(43)6-2-15/h15-36,38-53H,1-14H2/t15?,16?,17?,18?,19?,20?,21?,22?,23?,24-,25-,26-,27-,28-,29-,30+,31+,32+,33-,34-,35-,36?,38-,39-,40-/m1/s1. The van der Waals surface area contributed by atoms with Crippen molar-refractivity contribution >= 4 is 5.97 Å². The van der Waals surface area contributed by atoms with Crippen LogP contribution < -0.4 is 0 Å². The Balaban J connectivity index is 0.924. The van der Waals surface area contributed by atoms with Crippen LogP contribution in [0.1, 0.15) is 70.6 Å². The summed E-state index contributed by atoms with van der Waals surface area (Å²) in [5.74, 6) is -1.76. The molecule has 22 nitrogen and oxygen atoms in total. The van der Waals surface area contributed by atoms with Crippen LogP contribution in [0.25, 0.3) is 0 Å². The van der Waals surface area contributed by atoms with Gasteiger partial charge in [0.25, 0.3) is 0 Å². The number of fused-ring (bicyclic) bond motifs is 1. The molecule has 0 amide bonds. The zero-order valence-electron chi connectivity index (χ0n) is 34.3. The summed E-state index contributed by atoms with van der Waals surface area (Å²) in [4.78, 5) is 13.1. The van der Waals surface area contributed by atoms with Gasteiger partial charge in [-0.05, 0) is 63.7 Å². The van der Waals surface area contributed by atoms with Gasteiger partial charge in [0.1, 0.15) is 79.9 Å². The summed E-state index contributed by atoms with van der Waals surface area (Å²) in [5, 5.41) is 135. The van der Waals surface area contributed by atoms with Crippen LogP contribution in [0.3, 0.4) is 0 Å². The van der Waals surface area contributed by atoms with Gasteiger partial charge in [-0.15, -0.1) is 0 Å². The summed E-state index contributed by atoms with van der Waals surface area (Å²) < 4.78 is 47.3. The molecule has 4 saturated heterocycles. The Bertz CT molecular complexity index is 1410. The zero-order valence-corrected chi connectivity index (χ0v) is 34.3. The van der Waals surface area contributed by atoms with Gasteiger partial charge in [-0.1, -0.05) is 0 Å². The Morgan fingerprint density at radius 3 is 1.55 bits per heavy atom. The molecule has 7 rings (SSSR count). The van der Waals surface area contributed by atoms with E-state index in [1.54, 1.807) is 0 Å². The summed E-state index contributed by atoms with van der Waals surface area (Å²) in [5.41, 5.74) is 0. The van der Waals surface area contributed by atoms with Gasteiger partial charge < -0.3 is 104 Å². The molecule has 7 fully saturated rings. The van der Waals surface area contributed by atoms with E-state index in [2.05, 4.69) is 0 Å². The van der Waals surface area contributed by atoms with Gasteiger partial charge in [0.05, 0.1) is 61.9 Å². The van der Waals surface area contributed by atoms with Gasteiger partial charge in [0.2, 0.25) is 0 Å². The first-order valence-electron chi connectivity index (χ1n) is 22.0. The first-order chi connectivity index (χ1) is 29.6. The lowest BCUT2D eigenvalue weighted by Gasteiger charge is -2.51. The molecule has 4 aliphatic heterocycles. The second-order valence-corrected chi connectivity index (χ2v) is 18.2. The Hall–Kier alpha value is -1.33. The maximum atomic E-state index is 13.1. The second kappa shape index (κ2) is 21.1. The van der Waals surface area contributed by atoms with Crippen molar-refractivity contribution in [3.8, 4) is 0 Å². The number of aliphatic hydroxyl groups is 13. The van der Waals surface area contributed by atoms with E-state index in [0.717, 1.165) is 0 Å². The van der Waals surface area contributed by atoms with Crippen LogP contribution in [0, 0.1) is 17.8 Å². The van der Waals surface area contributed by atoms with Crippen molar-refractivity contribution in [3.05, 3.63) is 0 Å². The van der Waals surface area contributed by atoms with Crippen LogP contribution in [0.15, 0.2) is 0 Å². The van der Waals surface area contributed by atoms with Crippen LogP contribution in [0.5, 0.6) is 0 Å². The highest BCUT2D eigenvalue weighted by molar-refractivity contribution is 5.72. The lowest BCUT2D eigenvalue weighted by Crippen LogP contribution is -2.62. The minimum Gasteiger partial charge on any atom is -0.463 e. The molecule has 13 N–H and O–H groups in total. The first-order valence-corrected chi connectivity index (χ1v) is 22.0. The molecule has 21 atom stereocenters. The third kappa shape index (κ3) is 10.6. The fraction of sp³-hybridized carbons (Fsp3) is 0.975. The number of hydrogen-bond donors (Lipinski definition) is 13.